The van der Waals surface area contributed by atoms with Crippen molar-refractivity contribution < 1.29 is 9.15 Å². The van der Waals surface area contributed by atoms with E-state index in [1.54, 1.807) is 6.07 Å². The minimum Gasteiger partial charge on any atom is -0.486 e. The molecule has 0 amide bonds. The van der Waals surface area contributed by atoms with Gasteiger partial charge in [0.1, 0.15) is 17.9 Å². The first kappa shape index (κ1) is 17.7. The number of halogens is 1. The molecule has 0 atom stereocenters. The number of rotatable bonds is 5. The summed E-state index contributed by atoms with van der Waals surface area (Å²) in [6.45, 7) is 2.15. The monoisotopic (exact) mass is 443 g/mol. The minimum atomic E-state index is -0.370. The van der Waals surface area contributed by atoms with Crippen molar-refractivity contribution >= 4 is 49.1 Å². The molecule has 0 aliphatic rings. The standard InChI is InChI=1S/C19H14BrN3O3S/c1-11-8-18(24)26-16-9-14(6-7-15(11)16)25-10-17-22-23-19(27-17)21-13-4-2-12(20)3-5-13/h2-9H,10H2,1H3,(H,21,23). The van der Waals surface area contributed by atoms with Crippen molar-refractivity contribution in [2.45, 2.75) is 13.5 Å². The van der Waals surface area contributed by atoms with Crippen molar-refractivity contribution in [3.8, 4) is 5.75 Å². The van der Waals surface area contributed by atoms with E-state index in [2.05, 4.69) is 31.4 Å². The Balaban J connectivity index is 1.44. The van der Waals surface area contributed by atoms with Crippen LogP contribution >= 0.6 is 27.3 Å². The van der Waals surface area contributed by atoms with E-state index in [4.69, 9.17) is 9.15 Å². The molecular weight excluding hydrogens is 430 g/mol. The Morgan fingerprint density at radius 3 is 2.78 bits per heavy atom. The number of ether oxygens (including phenoxy) is 1. The molecule has 2 heterocycles. The van der Waals surface area contributed by atoms with Gasteiger partial charge in [-0.15, -0.1) is 10.2 Å². The number of aryl methyl sites for hydroxylation is 1. The number of fused-ring (bicyclic) bond motifs is 1. The van der Waals surface area contributed by atoms with Crippen LogP contribution in [0.1, 0.15) is 10.6 Å². The predicted octanol–water partition coefficient (Wildman–Crippen LogP) is 5.04. The first-order chi connectivity index (χ1) is 13.1. The highest BCUT2D eigenvalue weighted by Crippen LogP contribution is 2.25. The van der Waals surface area contributed by atoms with Crippen molar-refractivity contribution in [1.82, 2.24) is 10.2 Å². The second kappa shape index (κ2) is 7.50. The summed E-state index contributed by atoms with van der Waals surface area (Å²) in [6, 6.07) is 14.7. The predicted molar refractivity (Wildman–Crippen MR) is 109 cm³/mol. The highest BCUT2D eigenvalue weighted by atomic mass is 79.9. The summed E-state index contributed by atoms with van der Waals surface area (Å²) in [7, 11) is 0. The molecule has 0 radical (unpaired) electrons. The van der Waals surface area contributed by atoms with Gasteiger partial charge in [-0.1, -0.05) is 27.3 Å². The summed E-state index contributed by atoms with van der Waals surface area (Å²) in [4.78, 5) is 11.5. The molecule has 1 N–H and O–H groups in total. The molecule has 136 valence electrons. The van der Waals surface area contributed by atoms with Crippen molar-refractivity contribution in [1.29, 1.82) is 0 Å². The second-order valence-electron chi connectivity index (χ2n) is 5.83. The maximum Gasteiger partial charge on any atom is 0.336 e. The van der Waals surface area contributed by atoms with Crippen molar-refractivity contribution in [2.75, 3.05) is 5.32 Å². The van der Waals surface area contributed by atoms with Crippen LogP contribution in [0.5, 0.6) is 5.75 Å². The van der Waals surface area contributed by atoms with Gasteiger partial charge < -0.3 is 14.5 Å². The Bertz CT molecular complexity index is 1160. The lowest BCUT2D eigenvalue weighted by Crippen LogP contribution is -1.99. The van der Waals surface area contributed by atoms with E-state index in [1.165, 1.54) is 17.4 Å². The molecule has 27 heavy (non-hydrogen) atoms. The summed E-state index contributed by atoms with van der Waals surface area (Å²) in [6.07, 6.45) is 0. The minimum absolute atomic E-state index is 0.279. The number of aromatic nitrogens is 2. The number of nitrogens with zero attached hydrogens (tertiary/aromatic N) is 2. The quantitative estimate of drug-likeness (QED) is 0.435. The van der Waals surface area contributed by atoms with Gasteiger partial charge in [0.25, 0.3) is 0 Å². The lowest BCUT2D eigenvalue weighted by molar-refractivity contribution is 0.304. The maximum absolute atomic E-state index is 11.5. The van der Waals surface area contributed by atoms with Gasteiger partial charge in [-0.25, -0.2) is 4.79 Å². The van der Waals surface area contributed by atoms with Crippen LogP contribution < -0.4 is 15.7 Å². The molecule has 0 bridgehead atoms. The van der Waals surface area contributed by atoms with Crippen LogP contribution in [-0.4, -0.2) is 10.2 Å². The van der Waals surface area contributed by atoms with Crippen LogP contribution in [-0.2, 0) is 6.61 Å². The largest absolute Gasteiger partial charge is 0.486 e. The van der Waals surface area contributed by atoms with E-state index in [-0.39, 0.29) is 12.2 Å². The normalized spacial score (nSPS) is 10.9. The topological polar surface area (TPSA) is 77.2 Å². The van der Waals surface area contributed by atoms with Gasteiger partial charge in [0.2, 0.25) is 5.13 Å². The summed E-state index contributed by atoms with van der Waals surface area (Å²) < 4.78 is 12.0. The molecule has 2 aromatic carbocycles. The van der Waals surface area contributed by atoms with Crippen LogP contribution in [0, 0.1) is 6.92 Å². The van der Waals surface area contributed by atoms with E-state index >= 15 is 0 Å². The third kappa shape index (κ3) is 4.17. The van der Waals surface area contributed by atoms with Crippen LogP contribution in [0.3, 0.4) is 0 Å². The fourth-order valence-electron chi connectivity index (χ4n) is 2.56. The van der Waals surface area contributed by atoms with Crippen molar-refractivity contribution in [3.05, 3.63) is 74.0 Å². The van der Waals surface area contributed by atoms with Crippen LogP contribution in [0.25, 0.3) is 11.0 Å². The zero-order chi connectivity index (χ0) is 18.8. The maximum atomic E-state index is 11.5. The molecule has 8 heteroatoms. The number of benzene rings is 2. The molecule has 0 unspecified atom stereocenters. The van der Waals surface area contributed by atoms with E-state index in [0.717, 1.165) is 26.1 Å². The molecule has 0 saturated carbocycles. The summed E-state index contributed by atoms with van der Waals surface area (Å²) >= 11 is 4.82. The van der Waals surface area contributed by atoms with Gasteiger partial charge in [-0.2, -0.15) is 0 Å². The second-order valence-corrected chi connectivity index (χ2v) is 7.81. The van der Waals surface area contributed by atoms with E-state index in [1.807, 2.05) is 43.3 Å². The van der Waals surface area contributed by atoms with Gasteiger partial charge in [0.15, 0.2) is 5.01 Å². The average molecular weight is 444 g/mol. The number of anilines is 2. The van der Waals surface area contributed by atoms with Crippen LogP contribution in [0.15, 0.2) is 62.2 Å². The van der Waals surface area contributed by atoms with Gasteiger partial charge in [-0.3, -0.25) is 0 Å². The Morgan fingerprint density at radius 1 is 1.15 bits per heavy atom. The van der Waals surface area contributed by atoms with Crippen molar-refractivity contribution in [3.63, 3.8) is 0 Å². The first-order valence-corrected chi connectivity index (χ1v) is 9.70. The number of hydrogen-bond acceptors (Lipinski definition) is 7. The van der Waals surface area contributed by atoms with Gasteiger partial charge in [-0.05, 0) is 48.9 Å². The smallest absolute Gasteiger partial charge is 0.336 e. The van der Waals surface area contributed by atoms with Gasteiger partial charge >= 0.3 is 5.63 Å². The zero-order valence-corrected chi connectivity index (χ0v) is 16.6. The van der Waals surface area contributed by atoms with E-state index < -0.39 is 0 Å². The Labute approximate surface area is 167 Å². The molecule has 2 aromatic heterocycles. The molecule has 0 fully saturated rings. The fraction of sp³-hybridized carbons (Fsp3) is 0.105. The fourth-order valence-corrected chi connectivity index (χ4v) is 3.50. The SMILES string of the molecule is Cc1cc(=O)oc2cc(OCc3nnc(Nc4ccc(Br)cc4)s3)ccc12. The Hall–Kier alpha value is -2.71. The number of hydrogen-bond donors (Lipinski definition) is 1. The molecule has 0 aliphatic carbocycles. The zero-order valence-electron chi connectivity index (χ0n) is 14.2. The average Bonchev–Trinajstić information content (AvgIpc) is 3.09. The van der Waals surface area contributed by atoms with Crippen molar-refractivity contribution in [2.24, 2.45) is 0 Å². The Kier molecular flexibility index (Phi) is 4.91. The Morgan fingerprint density at radius 2 is 1.96 bits per heavy atom. The molecule has 6 nitrogen and oxygen atoms in total. The third-order valence-electron chi connectivity index (χ3n) is 3.85. The highest BCUT2D eigenvalue weighted by molar-refractivity contribution is 9.10. The molecule has 0 saturated heterocycles. The van der Waals surface area contributed by atoms with Gasteiger partial charge in [0.05, 0.1) is 0 Å². The lowest BCUT2D eigenvalue weighted by Gasteiger charge is -2.05. The number of nitrogens with one attached hydrogen (secondary N) is 1. The summed E-state index contributed by atoms with van der Waals surface area (Å²) in [5, 5.41) is 13.8. The lowest BCUT2D eigenvalue weighted by atomic mass is 10.1. The van der Waals surface area contributed by atoms with E-state index in [9.17, 15) is 4.79 Å². The van der Waals surface area contributed by atoms with Gasteiger partial charge in [0, 0.05) is 27.7 Å². The van der Waals surface area contributed by atoms with E-state index in [0.29, 0.717) is 16.5 Å². The van der Waals surface area contributed by atoms with Crippen LogP contribution in [0.4, 0.5) is 10.8 Å². The molecule has 4 aromatic rings. The first-order valence-electron chi connectivity index (χ1n) is 8.09. The summed E-state index contributed by atoms with van der Waals surface area (Å²) in [5.41, 5.74) is 1.94. The third-order valence-corrected chi connectivity index (χ3v) is 5.19. The molecule has 0 spiro atoms. The highest BCUT2D eigenvalue weighted by Gasteiger charge is 2.08. The summed E-state index contributed by atoms with van der Waals surface area (Å²) in [5.74, 6) is 0.605. The molecular formula is C19H14BrN3O3S. The van der Waals surface area contributed by atoms with Crippen LogP contribution in [0.2, 0.25) is 0 Å². The molecule has 0 aliphatic heterocycles. The molecule has 4 rings (SSSR count).